The van der Waals surface area contributed by atoms with Gasteiger partial charge in [-0.1, -0.05) is 36.9 Å². The van der Waals surface area contributed by atoms with Crippen molar-refractivity contribution in [1.82, 2.24) is 0 Å². The van der Waals surface area contributed by atoms with Crippen LogP contribution in [-0.2, 0) is 8.54 Å². The van der Waals surface area contributed by atoms with Gasteiger partial charge >= 0.3 is 0 Å². The Labute approximate surface area is 124 Å². The van der Waals surface area contributed by atoms with Crippen LogP contribution in [0.1, 0.15) is 5.56 Å². The number of hydrogen-bond donors (Lipinski definition) is 0. The van der Waals surface area contributed by atoms with E-state index in [2.05, 4.69) is 50.5 Å². The van der Waals surface area contributed by atoms with Gasteiger partial charge < -0.3 is 8.54 Å². The SMILES string of the molecule is C=Cc1ccccc1[Si]1(O[Si](C)(C)C)CO[Si][Si][Si]1. The van der Waals surface area contributed by atoms with Crippen molar-refractivity contribution in [2.45, 2.75) is 19.6 Å². The summed E-state index contributed by atoms with van der Waals surface area (Å²) in [6, 6.07) is 8.58. The Morgan fingerprint density at radius 2 is 2.11 bits per heavy atom. The van der Waals surface area contributed by atoms with Crippen molar-refractivity contribution in [1.29, 1.82) is 0 Å². The maximum Gasteiger partial charge on any atom is 0.213 e. The van der Waals surface area contributed by atoms with E-state index in [4.69, 9.17) is 8.54 Å². The second-order valence-electron chi connectivity index (χ2n) is 5.47. The van der Waals surface area contributed by atoms with Gasteiger partial charge in [0, 0.05) is 8.55 Å². The Morgan fingerprint density at radius 3 is 2.68 bits per heavy atom. The molecule has 2 rings (SSSR count). The van der Waals surface area contributed by atoms with E-state index in [0.29, 0.717) is 9.28 Å². The highest BCUT2D eigenvalue weighted by molar-refractivity contribution is 7.55. The summed E-state index contributed by atoms with van der Waals surface area (Å²) >= 11 is 0. The van der Waals surface area contributed by atoms with Gasteiger partial charge in [-0.3, -0.25) is 0 Å². The van der Waals surface area contributed by atoms with Crippen LogP contribution in [0.15, 0.2) is 30.8 Å². The van der Waals surface area contributed by atoms with Gasteiger partial charge in [-0.15, -0.1) is 0 Å². The maximum atomic E-state index is 6.72. The molecule has 1 saturated heterocycles. The van der Waals surface area contributed by atoms with E-state index in [1.54, 1.807) is 0 Å². The molecular weight excluding hydrogens is 317 g/mol. The lowest BCUT2D eigenvalue weighted by molar-refractivity contribution is 0.387. The minimum absolute atomic E-state index is 0.682. The smallest absolute Gasteiger partial charge is 0.213 e. The standard InChI is InChI=1S/C12H18O2Si5/c1-5-11-8-6-7-9-12(11)19(14-18(2,3)4)10-13-15-16-17-19/h5-9H,1,10H2,2-4H3. The zero-order valence-electron chi connectivity index (χ0n) is 11.6. The van der Waals surface area contributed by atoms with Gasteiger partial charge in [-0.25, -0.2) is 0 Å². The third-order valence-corrected chi connectivity index (χ3v) is 23.2. The summed E-state index contributed by atoms with van der Waals surface area (Å²) in [5, 5.41) is 1.39. The van der Waals surface area contributed by atoms with Crippen LogP contribution in [0.4, 0.5) is 0 Å². The zero-order valence-corrected chi connectivity index (χ0v) is 16.6. The molecular formula is C12H18O2Si5. The highest BCUT2D eigenvalue weighted by Crippen LogP contribution is 2.18. The first kappa shape index (κ1) is 15.4. The van der Waals surface area contributed by atoms with Crippen molar-refractivity contribution in [2.75, 3.05) is 6.23 Å². The highest BCUT2D eigenvalue weighted by atomic mass is 29.7. The molecule has 0 spiro atoms. The van der Waals surface area contributed by atoms with Crippen LogP contribution >= 0.6 is 0 Å². The van der Waals surface area contributed by atoms with Gasteiger partial charge in [-0.2, -0.15) is 0 Å². The number of hydrogen-bond acceptors (Lipinski definition) is 2. The quantitative estimate of drug-likeness (QED) is 0.772. The summed E-state index contributed by atoms with van der Waals surface area (Å²) in [5.74, 6) is 0. The van der Waals surface area contributed by atoms with Gasteiger partial charge in [0.15, 0.2) is 8.32 Å². The van der Waals surface area contributed by atoms with E-state index in [0.717, 1.165) is 23.3 Å². The highest BCUT2D eigenvalue weighted by Gasteiger charge is 2.44. The molecule has 1 heterocycles. The lowest BCUT2D eigenvalue weighted by atomic mass is 10.2. The zero-order chi connectivity index (χ0) is 13.9. The molecule has 2 nitrogen and oxygen atoms in total. The van der Waals surface area contributed by atoms with Crippen molar-refractivity contribution < 1.29 is 8.54 Å². The van der Waals surface area contributed by atoms with Crippen molar-refractivity contribution in [3.8, 4) is 0 Å². The molecule has 1 aromatic rings. The second-order valence-corrected chi connectivity index (χ2v) is 23.0. The molecule has 0 amide bonds. The maximum absolute atomic E-state index is 6.72. The van der Waals surface area contributed by atoms with Crippen LogP contribution in [0.25, 0.3) is 6.08 Å². The molecule has 1 aliphatic rings. The fourth-order valence-electron chi connectivity index (χ4n) is 2.16. The molecule has 6 radical (unpaired) electrons. The summed E-state index contributed by atoms with van der Waals surface area (Å²) in [4.78, 5) is 0. The molecule has 98 valence electrons. The minimum atomic E-state index is -1.94. The third-order valence-electron chi connectivity index (χ3n) is 2.76. The molecule has 1 unspecified atom stereocenters. The second kappa shape index (κ2) is 6.16. The summed E-state index contributed by atoms with van der Waals surface area (Å²) in [7, 11) is -0.984. The Hall–Kier alpha value is -0.0356. The summed E-state index contributed by atoms with van der Waals surface area (Å²) < 4.78 is 12.6. The molecule has 1 aliphatic heterocycles. The van der Waals surface area contributed by atoms with Crippen LogP contribution in [0.3, 0.4) is 0 Å². The average molecular weight is 335 g/mol. The van der Waals surface area contributed by atoms with Gasteiger partial charge in [0.25, 0.3) is 0 Å². The third kappa shape index (κ3) is 3.75. The normalized spacial score (nSPS) is 24.2. The number of benzene rings is 1. The van der Waals surface area contributed by atoms with E-state index < -0.39 is 16.2 Å². The van der Waals surface area contributed by atoms with Crippen molar-refractivity contribution in [3.05, 3.63) is 36.4 Å². The largest absolute Gasteiger partial charge is 0.453 e. The molecule has 0 saturated carbocycles. The lowest BCUT2D eigenvalue weighted by Gasteiger charge is -2.40. The van der Waals surface area contributed by atoms with Gasteiger partial charge in [0.2, 0.25) is 17.1 Å². The minimum Gasteiger partial charge on any atom is -0.453 e. The van der Waals surface area contributed by atoms with Crippen molar-refractivity contribution in [3.63, 3.8) is 0 Å². The Balaban J connectivity index is 2.44. The first-order valence-corrected chi connectivity index (χ1v) is 17.7. The van der Waals surface area contributed by atoms with Crippen LogP contribution < -0.4 is 5.19 Å². The van der Waals surface area contributed by atoms with E-state index >= 15 is 0 Å². The van der Waals surface area contributed by atoms with E-state index in [1.165, 1.54) is 10.8 Å². The molecule has 1 atom stereocenters. The van der Waals surface area contributed by atoms with Crippen LogP contribution in [0.5, 0.6) is 0 Å². The van der Waals surface area contributed by atoms with E-state index in [-0.39, 0.29) is 0 Å². The predicted molar refractivity (Wildman–Crippen MR) is 89.6 cm³/mol. The summed E-state index contributed by atoms with van der Waals surface area (Å²) in [6.45, 7) is 10.8. The summed E-state index contributed by atoms with van der Waals surface area (Å²) in [5.41, 5.74) is 1.23. The lowest BCUT2D eigenvalue weighted by Crippen LogP contribution is -2.69. The molecule has 0 N–H and O–H groups in total. The molecule has 19 heavy (non-hydrogen) atoms. The molecule has 1 aromatic carbocycles. The van der Waals surface area contributed by atoms with E-state index in [1.807, 2.05) is 6.08 Å². The van der Waals surface area contributed by atoms with Gasteiger partial charge in [0.1, 0.15) is 0 Å². The van der Waals surface area contributed by atoms with Crippen molar-refractivity contribution >= 4 is 53.8 Å². The van der Waals surface area contributed by atoms with Gasteiger partial charge in [-0.05, 0) is 30.4 Å². The molecule has 1 fully saturated rings. The molecule has 7 heteroatoms. The summed E-state index contributed by atoms with van der Waals surface area (Å²) in [6.07, 6.45) is 2.79. The Bertz CT molecular complexity index is 452. The van der Waals surface area contributed by atoms with Gasteiger partial charge in [0.05, 0.1) is 14.8 Å². The van der Waals surface area contributed by atoms with Crippen LogP contribution in [0.2, 0.25) is 19.6 Å². The fraction of sp³-hybridized carbons (Fsp3) is 0.333. The molecule has 0 aromatic heterocycles. The van der Waals surface area contributed by atoms with Crippen LogP contribution in [-0.4, -0.2) is 48.8 Å². The fourth-order valence-corrected chi connectivity index (χ4v) is 29.8. The van der Waals surface area contributed by atoms with Crippen LogP contribution in [0, 0.1) is 0 Å². The van der Waals surface area contributed by atoms with E-state index in [9.17, 15) is 0 Å². The average Bonchev–Trinajstić information content (AvgIpc) is 2.38. The Morgan fingerprint density at radius 1 is 1.37 bits per heavy atom. The monoisotopic (exact) mass is 334 g/mol. The predicted octanol–water partition coefficient (Wildman–Crippen LogP) is 1.26. The Kier molecular flexibility index (Phi) is 4.98. The first-order chi connectivity index (χ1) is 8.97. The molecule has 0 aliphatic carbocycles. The molecule has 0 bridgehead atoms. The first-order valence-electron chi connectivity index (χ1n) is 6.28. The topological polar surface area (TPSA) is 18.5 Å². The number of rotatable bonds is 4. The van der Waals surface area contributed by atoms with Crippen molar-refractivity contribution in [2.24, 2.45) is 0 Å².